The zero-order chi connectivity index (χ0) is 18.0. The molecule has 0 fully saturated rings. The Hall–Kier alpha value is -3.30. The Balaban J connectivity index is 1.94. The lowest BCUT2D eigenvalue weighted by atomic mass is 10.3. The van der Waals surface area contributed by atoms with E-state index in [4.69, 9.17) is 5.73 Å². The Morgan fingerprint density at radius 3 is 2.52 bits per heavy atom. The highest BCUT2D eigenvalue weighted by molar-refractivity contribution is 5.61. The molecule has 0 aliphatic rings. The predicted octanol–water partition coefficient (Wildman–Crippen LogP) is 2.98. The number of hydrogen-bond donors (Lipinski definition) is 2. The minimum absolute atomic E-state index is 0.0661. The van der Waals surface area contributed by atoms with Gasteiger partial charge in [0.1, 0.15) is 35.2 Å². The van der Waals surface area contributed by atoms with Gasteiger partial charge in [-0.15, -0.1) is 0 Å². The zero-order valence-corrected chi connectivity index (χ0v) is 12.9. The van der Waals surface area contributed by atoms with Crippen LogP contribution >= 0.6 is 0 Å². The quantitative estimate of drug-likeness (QED) is 0.751. The van der Waals surface area contributed by atoms with Gasteiger partial charge in [-0.3, -0.25) is 0 Å². The SMILES string of the molecule is Cc1cccc(-c2nc(N)cc(Nc3cc(C(F)(F)F)ncn3)n2)n1. The highest BCUT2D eigenvalue weighted by Gasteiger charge is 2.32. The fourth-order valence-electron chi connectivity index (χ4n) is 2.02. The fourth-order valence-corrected chi connectivity index (χ4v) is 2.02. The van der Waals surface area contributed by atoms with Gasteiger partial charge in [-0.1, -0.05) is 6.07 Å². The van der Waals surface area contributed by atoms with Crippen LogP contribution in [0.1, 0.15) is 11.4 Å². The second-order valence-corrected chi connectivity index (χ2v) is 5.08. The minimum Gasteiger partial charge on any atom is -0.384 e. The molecule has 0 atom stereocenters. The Labute approximate surface area is 140 Å². The summed E-state index contributed by atoms with van der Waals surface area (Å²) in [7, 11) is 0. The van der Waals surface area contributed by atoms with Gasteiger partial charge in [-0.05, 0) is 19.1 Å². The third-order valence-corrected chi connectivity index (χ3v) is 3.08. The number of nitrogens with one attached hydrogen (secondary N) is 1. The van der Waals surface area contributed by atoms with E-state index in [1.54, 1.807) is 12.1 Å². The number of halogens is 3. The highest BCUT2D eigenvalue weighted by Crippen LogP contribution is 2.29. The lowest BCUT2D eigenvalue weighted by Gasteiger charge is -2.10. The molecule has 0 aromatic carbocycles. The summed E-state index contributed by atoms with van der Waals surface area (Å²) in [6, 6.07) is 7.47. The Kier molecular flexibility index (Phi) is 4.17. The number of nitrogens with two attached hydrogens (primary N) is 1. The summed E-state index contributed by atoms with van der Waals surface area (Å²) in [5, 5.41) is 2.67. The van der Waals surface area contributed by atoms with Crippen molar-refractivity contribution < 1.29 is 13.2 Å². The first-order chi connectivity index (χ1) is 11.8. The minimum atomic E-state index is -4.57. The predicted molar refractivity (Wildman–Crippen MR) is 84.7 cm³/mol. The number of alkyl halides is 3. The molecular formula is C15H12F3N7. The van der Waals surface area contributed by atoms with Crippen molar-refractivity contribution in [1.29, 1.82) is 0 Å². The zero-order valence-electron chi connectivity index (χ0n) is 12.9. The van der Waals surface area contributed by atoms with Crippen LogP contribution in [0.4, 0.5) is 30.6 Å². The van der Waals surface area contributed by atoms with Crippen molar-refractivity contribution in [2.75, 3.05) is 11.1 Å². The molecule has 128 valence electrons. The standard InChI is InChI=1S/C15H12F3N7/c1-8-3-2-4-9(22-8)14-23-11(19)6-13(25-14)24-12-5-10(15(16,17)18)20-7-21-12/h2-7H,1H3,(H3,19,20,21,23,24,25). The molecule has 0 aliphatic heterocycles. The second-order valence-electron chi connectivity index (χ2n) is 5.08. The van der Waals surface area contributed by atoms with E-state index < -0.39 is 11.9 Å². The molecule has 0 amide bonds. The van der Waals surface area contributed by atoms with Crippen molar-refractivity contribution in [3.8, 4) is 11.5 Å². The molecule has 3 heterocycles. The Morgan fingerprint density at radius 2 is 1.80 bits per heavy atom. The summed E-state index contributed by atoms with van der Waals surface area (Å²) in [4.78, 5) is 19.6. The first kappa shape index (κ1) is 16.6. The van der Waals surface area contributed by atoms with Gasteiger partial charge in [0.05, 0.1) is 0 Å². The van der Waals surface area contributed by atoms with E-state index in [2.05, 4.69) is 30.2 Å². The molecular weight excluding hydrogens is 335 g/mol. The molecule has 0 saturated heterocycles. The molecule has 0 bridgehead atoms. The molecule has 0 aliphatic carbocycles. The average Bonchev–Trinajstić information content (AvgIpc) is 2.54. The highest BCUT2D eigenvalue weighted by atomic mass is 19.4. The van der Waals surface area contributed by atoms with E-state index in [0.717, 1.165) is 18.1 Å². The number of rotatable bonds is 3. The van der Waals surface area contributed by atoms with Crippen molar-refractivity contribution in [1.82, 2.24) is 24.9 Å². The number of anilines is 3. The van der Waals surface area contributed by atoms with Crippen LogP contribution in [-0.4, -0.2) is 24.9 Å². The molecule has 0 unspecified atom stereocenters. The van der Waals surface area contributed by atoms with Crippen LogP contribution in [0.3, 0.4) is 0 Å². The van der Waals surface area contributed by atoms with E-state index in [9.17, 15) is 13.2 Å². The van der Waals surface area contributed by atoms with Gasteiger partial charge in [0.25, 0.3) is 0 Å². The van der Waals surface area contributed by atoms with Crippen molar-refractivity contribution in [2.24, 2.45) is 0 Å². The fraction of sp³-hybridized carbons (Fsp3) is 0.133. The van der Waals surface area contributed by atoms with Crippen LogP contribution in [0.15, 0.2) is 36.7 Å². The maximum absolute atomic E-state index is 12.7. The number of aromatic nitrogens is 5. The summed E-state index contributed by atoms with van der Waals surface area (Å²) >= 11 is 0. The third-order valence-electron chi connectivity index (χ3n) is 3.08. The van der Waals surface area contributed by atoms with E-state index in [1.807, 2.05) is 13.0 Å². The molecule has 3 N–H and O–H groups in total. The number of pyridine rings is 1. The largest absolute Gasteiger partial charge is 0.433 e. The first-order valence-electron chi connectivity index (χ1n) is 7.06. The van der Waals surface area contributed by atoms with Crippen LogP contribution in [0, 0.1) is 6.92 Å². The molecule has 0 saturated carbocycles. The monoisotopic (exact) mass is 347 g/mol. The summed E-state index contributed by atoms with van der Waals surface area (Å²) in [5.41, 5.74) is 5.96. The van der Waals surface area contributed by atoms with E-state index in [0.29, 0.717) is 5.69 Å². The van der Waals surface area contributed by atoms with E-state index in [-0.39, 0.29) is 23.3 Å². The van der Waals surface area contributed by atoms with Gasteiger partial charge in [0.15, 0.2) is 5.82 Å². The normalized spacial score (nSPS) is 11.4. The van der Waals surface area contributed by atoms with Crippen molar-refractivity contribution >= 4 is 17.5 Å². The lowest BCUT2D eigenvalue weighted by molar-refractivity contribution is -0.141. The molecule has 25 heavy (non-hydrogen) atoms. The van der Waals surface area contributed by atoms with Gasteiger partial charge < -0.3 is 11.1 Å². The molecule has 3 rings (SSSR count). The summed E-state index contributed by atoms with van der Waals surface area (Å²) in [6.45, 7) is 1.81. The smallest absolute Gasteiger partial charge is 0.384 e. The van der Waals surface area contributed by atoms with Crippen molar-refractivity contribution in [3.05, 3.63) is 48.0 Å². The molecule has 3 aromatic heterocycles. The van der Waals surface area contributed by atoms with Crippen LogP contribution in [0.2, 0.25) is 0 Å². The topological polar surface area (TPSA) is 102 Å². The summed E-state index contributed by atoms with van der Waals surface area (Å²) in [5.74, 6) is 0.512. The molecule has 0 radical (unpaired) electrons. The maximum atomic E-state index is 12.7. The molecule has 10 heteroatoms. The van der Waals surface area contributed by atoms with Crippen LogP contribution in [0.25, 0.3) is 11.5 Å². The second kappa shape index (κ2) is 6.30. The number of aryl methyl sites for hydroxylation is 1. The van der Waals surface area contributed by atoms with Crippen LogP contribution in [-0.2, 0) is 6.18 Å². The number of nitrogens with zero attached hydrogens (tertiary/aromatic N) is 5. The summed E-state index contributed by atoms with van der Waals surface area (Å²) in [6.07, 6.45) is -3.75. The Morgan fingerprint density at radius 1 is 1.00 bits per heavy atom. The molecule has 7 nitrogen and oxygen atoms in total. The van der Waals surface area contributed by atoms with Crippen molar-refractivity contribution in [3.63, 3.8) is 0 Å². The van der Waals surface area contributed by atoms with E-state index >= 15 is 0 Å². The first-order valence-corrected chi connectivity index (χ1v) is 7.06. The van der Waals surface area contributed by atoms with Gasteiger partial charge in [-0.2, -0.15) is 13.2 Å². The lowest BCUT2D eigenvalue weighted by Crippen LogP contribution is -2.09. The number of nitrogen functional groups attached to an aromatic ring is 1. The summed E-state index contributed by atoms with van der Waals surface area (Å²) < 4.78 is 38.2. The van der Waals surface area contributed by atoms with E-state index in [1.165, 1.54) is 6.07 Å². The van der Waals surface area contributed by atoms with Gasteiger partial charge in [0.2, 0.25) is 0 Å². The number of hydrogen-bond acceptors (Lipinski definition) is 7. The van der Waals surface area contributed by atoms with Gasteiger partial charge in [-0.25, -0.2) is 24.9 Å². The van der Waals surface area contributed by atoms with Crippen LogP contribution < -0.4 is 11.1 Å². The average molecular weight is 347 g/mol. The van der Waals surface area contributed by atoms with Gasteiger partial charge >= 0.3 is 6.18 Å². The maximum Gasteiger partial charge on any atom is 0.433 e. The van der Waals surface area contributed by atoms with Crippen LogP contribution in [0.5, 0.6) is 0 Å². The van der Waals surface area contributed by atoms with Crippen molar-refractivity contribution in [2.45, 2.75) is 13.1 Å². The third kappa shape index (κ3) is 3.97. The Bertz CT molecular complexity index is 912. The van der Waals surface area contributed by atoms with Gasteiger partial charge in [0, 0.05) is 17.8 Å². The molecule has 0 spiro atoms. The molecule has 3 aromatic rings.